The van der Waals surface area contributed by atoms with Crippen LogP contribution in [-0.4, -0.2) is 4.57 Å². The van der Waals surface area contributed by atoms with Crippen LogP contribution in [0.2, 0.25) is 0 Å². The normalized spacial score (nSPS) is 12.0. The maximum Gasteiger partial charge on any atom is 0.190 e. The van der Waals surface area contributed by atoms with Gasteiger partial charge in [0.05, 0.1) is 10.6 Å². The van der Waals surface area contributed by atoms with E-state index in [4.69, 9.17) is 0 Å². The Morgan fingerprint density at radius 2 is 2.04 bits per heavy atom. The van der Waals surface area contributed by atoms with Crippen molar-refractivity contribution in [2.45, 2.75) is 26.3 Å². The number of aromatic nitrogens is 1. The number of hydrogen-bond acceptors (Lipinski definition) is 3. The molecule has 120 valence electrons. The van der Waals surface area contributed by atoms with Crippen LogP contribution >= 0.6 is 22.7 Å². The van der Waals surface area contributed by atoms with Gasteiger partial charge in [0, 0.05) is 18.0 Å². The van der Waals surface area contributed by atoms with E-state index in [-0.39, 0.29) is 5.69 Å². The average molecular weight is 350 g/mol. The van der Waals surface area contributed by atoms with Gasteiger partial charge in [-0.15, -0.1) is 22.7 Å². The molecule has 0 aliphatic heterocycles. The molecule has 0 bridgehead atoms. The van der Waals surface area contributed by atoms with Crippen molar-refractivity contribution in [3.8, 4) is 10.6 Å². The van der Waals surface area contributed by atoms with Crippen LogP contribution in [-0.2, 0) is 6.54 Å². The molecule has 0 radical (unpaired) electrons. The van der Waals surface area contributed by atoms with Crippen molar-refractivity contribution >= 4 is 28.4 Å². The summed E-state index contributed by atoms with van der Waals surface area (Å²) in [7, 11) is 0. The first-order valence-corrected chi connectivity index (χ1v) is 9.17. The van der Waals surface area contributed by atoms with Crippen molar-refractivity contribution in [1.82, 2.24) is 4.57 Å². The summed E-state index contributed by atoms with van der Waals surface area (Å²) in [6, 6.07) is 7.55. The van der Waals surface area contributed by atoms with Crippen LogP contribution in [0, 0.1) is 11.6 Å². The summed E-state index contributed by atoms with van der Waals surface area (Å²) >= 11 is 3.14. The van der Waals surface area contributed by atoms with Crippen LogP contribution in [0.1, 0.15) is 19.8 Å². The maximum absolute atomic E-state index is 13.9. The third-order valence-corrected chi connectivity index (χ3v) is 5.19. The molecule has 23 heavy (non-hydrogen) atoms. The van der Waals surface area contributed by atoms with Crippen LogP contribution in [0.3, 0.4) is 0 Å². The van der Waals surface area contributed by atoms with Crippen molar-refractivity contribution in [3.63, 3.8) is 0 Å². The molecule has 1 aromatic carbocycles. The van der Waals surface area contributed by atoms with E-state index >= 15 is 0 Å². The van der Waals surface area contributed by atoms with Crippen LogP contribution in [0.25, 0.3) is 10.6 Å². The highest BCUT2D eigenvalue weighted by Gasteiger charge is 2.10. The molecule has 0 saturated heterocycles. The molecule has 6 heteroatoms. The predicted octanol–water partition coefficient (Wildman–Crippen LogP) is 5.59. The highest BCUT2D eigenvalue weighted by atomic mass is 32.1. The number of unbranched alkanes of at least 4 members (excludes halogenated alkanes) is 1. The molecule has 3 aromatic rings. The molecule has 0 N–H and O–H groups in total. The van der Waals surface area contributed by atoms with E-state index in [1.54, 1.807) is 11.3 Å². The van der Waals surface area contributed by atoms with E-state index in [0.29, 0.717) is 0 Å². The topological polar surface area (TPSA) is 17.3 Å². The van der Waals surface area contributed by atoms with Gasteiger partial charge in [-0.25, -0.2) is 13.8 Å². The van der Waals surface area contributed by atoms with E-state index in [1.807, 2.05) is 16.8 Å². The van der Waals surface area contributed by atoms with Crippen molar-refractivity contribution in [2.75, 3.05) is 0 Å². The highest BCUT2D eigenvalue weighted by molar-refractivity contribution is 7.14. The van der Waals surface area contributed by atoms with Crippen molar-refractivity contribution < 1.29 is 8.78 Å². The Kier molecular flexibility index (Phi) is 5.03. The fraction of sp³-hybridized carbons (Fsp3) is 0.235. The van der Waals surface area contributed by atoms with Crippen molar-refractivity contribution in [1.29, 1.82) is 0 Å². The lowest BCUT2D eigenvalue weighted by Crippen LogP contribution is -2.15. The Balaban J connectivity index is 2.09. The molecular weight excluding hydrogens is 334 g/mol. The maximum atomic E-state index is 13.9. The molecule has 0 unspecified atom stereocenters. The summed E-state index contributed by atoms with van der Waals surface area (Å²) < 4.78 is 29.0. The number of rotatable bonds is 5. The summed E-state index contributed by atoms with van der Waals surface area (Å²) in [5, 5.41) is 4.08. The Morgan fingerprint density at radius 1 is 1.17 bits per heavy atom. The van der Waals surface area contributed by atoms with Crippen LogP contribution in [0.5, 0.6) is 0 Å². The van der Waals surface area contributed by atoms with E-state index in [0.717, 1.165) is 35.9 Å². The number of benzene rings is 1. The number of thiophene rings is 1. The first kappa shape index (κ1) is 16.1. The molecule has 0 spiro atoms. The molecule has 0 atom stereocenters. The minimum atomic E-state index is -0.641. The molecule has 0 aliphatic carbocycles. The SMILES string of the molecule is CCCCn1c(-c2cccs2)csc1=Nc1ccc(F)cc1F. The predicted molar refractivity (Wildman–Crippen MR) is 92.1 cm³/mol. The fourth-order valence-electron chi connectivity index (χ4n) is 2.25. The summed E-state index contributed by atoms with van der Waals surface area (Å²) in [6.07, 6.45) is 2.09. The lowest BCUT2D eigenvalue weighted by molar-refractivity contribution is 0.583. The van der Waals surface area contributed by atoms with E-state index in [2.05, 4.69) is 22.5 Å². The largest absolute Gasteiger partial charge is 0.316 e. The Morgan fingerprint density at radius 3 is 2.74 bits per heavy atom. The second kappa shape index (κ2) is 7.19. The summed E-state index contributed by atoms with van der Waals surface area (Å²) in [6.45, 7) is 2.96. The first-order chi connectivity index (χ1) is 11.2. The quantitative estimate of drug-likeness (QED) is 0.571. The molecule has 0 aliphatic rings. The lowest BCUT2D eigenvalue weighted by Gasteiger charge is -2.07. The van der Waals surface area contributed by atoms with Gasteiger partial charge in [0.1, 0.15) is 11.5 Å². The van der Waals surface area contributed by atoms with Gasteiger partial charge in [-0.1, -0.05) is 19.4 Å². The van der Waals surface area contributed by atoms with Gasteiger partial charge < -0.3 is 4.57 Å². The standard InChI is InChI=1S/C17H16F2N2S2/c1-2-3-8-21-15(16-5-4-9-22-16)11-23-17(21)20-14-7-6-12(18)10-13(14)19/h4-7,9-11H,2-3,8H2,1H3. The molecule has 0 saturated carbocycles. The molecule has 2 nitrogen and oxygen atoms in total. The summed E-state index contributed by atoms with van der Waals surface area (Å²) in [5.74, 6) is -1.23. The fourth-order valence-corrected chi connectivity index (χ4v) is 4.01. The first-order valence-electron chi connectivity index (χ1n) is 7.41. The number of nitrogens with zero attached hydrogens (tertiary/aromatic N) is 2. The van der Waals surface area contributed by atoms with Gasteiger partial charge in [-0.2, -0.15) is 0 Å². The van der Waals surface area contributed by atoms with Gasteiger partial charge in [0.2, 0.25) is 0 Å². The van der Waals surface area contributed by atoms with Crippen molar-refractivity contribution in [2.24, 2.45) is 4.99 Å². The van der Waals surface area contributed by atoms with E-state index < -0.39 is 11.6 Å². The molecule has 3 rings (SSSR count). The minimum Gasteiger partial charge on any atom is -0.316 e. The second-order valence-electron chi connectivity index (χ2n) is 5.09. The highest BCUT2D eigenvalue weighted by Crippen LogP contribution is 2.26. The smallest absolute Gasteiger partial charge is 0.190 e. The Labute approximate surface area is 141 Å². The van der Waals surface area contributed by atoms with Gasteiger partial charge in [-0.3, -0.25) is 0 Å². The van der Waals surface area contributed by atoms with Crippen LogP contribution in [0.4, 0.5) is 14.5 Å². The van der Waals surface area contributed by atoms with Gasteiger partial charge in [0.15, 0.2) is 10.6 Å². The third-order valence-electron chi connectivity index (χ3n) is 3.43. The van der Waals surface area contributed by atoms with Gasteiger partial charge >= 0.3 is 0 Å². The van der Waals surface area contributed by atoms with E-state index in [9.17, 15) is 8.78 Å². The van der Waals surface area contributed by atoms with Crippen molar-refractivity contribution in [3.05, 3.63) is 57.5 Å². The molecule has 0 fully saturated rings. The zero-order chi connectivity index (χ0) is 16.2. The Hall–Kier alpha value is -1.79. The lowest BCUT2D eigenvalue weighted by atomic mass is 10.3. The second-order valence-corrected chi connectivity index (χ2v) is 6.88. The average Bonchev–Trinajstić information content (AvgIpc) is 3.17. The number of thiazole rings is 1. The third kappa shape index (κ3) is 3.59. The van der Waals surface area contributed by atoms with Crippen LogP contribution < -0.4 is 4.80 Å². The zero-order valence-corrected chi connectivity index (χ0v) is 14.3. The molecule has 2 heterocycles. The molecule has 2 aromatic heterocycles. The summed E-state index contributed by atoms with van der Waals surface area (Å²) in [5.41, 5.74) is 1.26. The van der Waals surface area contributed by atoms with E-state index in [1.165, 1.54) is 28.3 Å². The number of hydrogen-bond donors (Lipinski definition) is 0. The zero-order valence-electron chi connectivity index (χ0n) is 12.6. The summed E-state index contributed by atoms with van der Waals surface area (Å²) in [4.78, 5) is 6.30. The minimum absolute atomic E-state index is 0.163. The molecule has 0 amide bonds. The monoisotopic (exact) mass is 350 g/mol. The van der Waals surface area contributed by atoms with Gasteiger partial charge in [-0.05, 0) is 30.0 Å². The number of halogens is 2. The van der Waals surface area contributed by atoms with Gasteiger partial charge in [0.25, 0.3) is 0 Å². The van der Waals surface area contributed by atoms with Crippen LogP contribution in [0.15, 0.2) is 46.1 Å². The Bertz CT molecular complexity index is 848. The molecular formula is C17H16F2N2S2.